The Labute approximate surface area is 141 Å². The van der Waals surface area contributed by atoms with E-state index in [0.717, 1.165) is 10.7 Å². The average Bonchev–Trinajstić information content (AvgIpc) is 3.20. The van der Waals surface area contributed by atoms with Gasteiger partial charge in [0.15, 0.2) is 5.82 Å². The standard InChI is InChI=1S/C14H17N5O2S2/c1-7(2)12-16-13(21-19-12)8(3)23-14-18-17-11(20-14)5-10-6-22-9(4)15-10/h6-8H,5H2,1-4H3/t8-/m1/s1. The summed E-state index contributed by atoms with van der Waals surface area (Å²) in [5.41, 5.74) is 0.944. The monoisotopic (exact) mass is 351 g/mol. The summed E-state index contributed by atoms with van der Waals surface area (Å²) in [6.45, 7) is 7.99. The third kappa shape index (κ3) is 3.97. The maximum Gasteiger partial charge on any atom is 0.277 e. The van der Waals surface area contributed by atoms with Gasteiger partial charge in [-0.2, -0.15) is 4.98 Å². The molecule has 3 rings (SSSR count). The number of thioether (sulfide) groups is 1. The van der Waals surface area contributed by atoms with E-state index in [1.54, 1.807) is 11.3 Å². The SMILES string of the molecule is Cc1nc(Cc2nnc(S[C@H](C)c3nc(C(C)C)no3)o2)cs1. The summed E-state index contributed by atoms with van der Waals surface area (Å²) in [5, 5.41) is 15.6. The van der Waals surface area contributed by atoms with E-state index in [-0.39, 0.29) is 11.2 Å². The first-order valence-corrected chi connectivity index (χ1v) is 9.00. The molecule has 0 fully saturated rings. The van der Waals surface area contributed by atoms with E-state index in [4.69, 9.17) is 8.94 Å². The van der Waals surface area contributed by atoms with Crippen LogP contribution in [0.1, 0.15) is 60.2 Å². The molecule has 7 nitrogen and oxygen atoms in total. The summed E-state index contributed by atoms with van der Waals surface area (Å²) in [5.74, 6) is 2.06. The number of aromatic nitrogens is 5. The van der Waals surface area contributed by atoms with Crippen molar-refractivity contribution in [2.24, 2.45) is 0 Å². The van der Waals surface area contributed by atoms with Gasteiger partial charge in [-0.25, -0.2) is 4.98 Å². The van der Waals surface area contributed by atoms with Crippen molar-refractivity contribution in [3.63, 3.8) is 0 Å². The largest absolute Gasteiger partial charge is 0.416 e. The molecule has 122 valence electrons. The Balaban J connectivity index is 1.63. The van der Waals surface area contributed by atoms with Crippen molar-refractivity contribution in [2.45, 2.75) is 50.5 Å². The molecule has 0 aliphatic carbocycles. The molecule has 0 aliphatic heterocycles. The molecule has 0 bridgehead atoms. The zero-order chi connectivity index (χ0) is 16.4. The Morgan fingerprint density at radius 1 is 1.22 bits per heavy atom. The first-order chi connectivity index (χ1) is 11.0. The van der Waals surface area contributed by atoms with Crippen molar-refractivity contribution < 1.29 is 8.94 Å². The minimum Gasteiger partial charge on any atom is -0.416 e. The summed E-state index contributed by atoms with van der Waals surface area (Å²) in [6.07, 6.45) is 0.546. The van der Waals surface area contributed by atoms with Crippen molar-refractivity contribution in [3.05, 3.63) is 33.7 Å². The fraction of sp³-hybridized carbons (Fsp3) is 0.500. The van der Waals surface area contributed by atoms with E-state index >= 15 is 0 Å². The van der Waals surface area contributed by atoms with Gasteiger partial charge in [-0.05, 0) is 13.8 Å². The van der Waals surface area contributed by atoms with Crippen LogP contribution in [0, 0.1) is 6.92 Å². The smallest absolute Gasteiger partial charge is 0.277 e. The van der Waals surface area contributed by atoms with Crippen LogP contribution in [0.2, 0.25) is 0 Å². The van der Waals surface area contributed by atoms with Crippen LogP contribution in [0.4, 0.5) is 0 Å². The molecule has 0 N–H and O–H groups in total. The highest BCUT2D eigenvalue weighted by atomic mass is 32.2. The first kappa shape index (κ1) is 16.1. The second-order valence-electron chi connectivity index (χ2n) is 5.40. The second-order valence-corrected chi connectivity index (χ2v) is 7.76. The Morgan fingerprint density at radius 2 is 2.04 bits per heavy atom. The summed E-state index contributed by atoms with van der Waals surface area (Å²) >= 11 is 3.01. The van der Waals surface area contributed by atoms with E-state index in [1.807, 2.05) is 33.1 Å². The Morgan fingerprint density at radius 3 is 2.70 bits per heavy atom. The zero-order valence-corrected chi connectivity index (χ0v) is 14.9. The number of aryl methyl sites for hydroxylation is 1. The van der Waals surface area contributed by atoms with Crippen LogP contribution >= 0.6 is 23.1 Å². The van der Waals surface area contributed by atoms with Gasteiger partial charge in [0.1, 0.15) is 0 Å². The summed E-state index contributed by atoms with van der Waals surface area (Å²) in [7, 11) is 0. The third-order valence-electron chi connectivity index (χ3n) is 3.05. The molecule has 0 spiro atoms. The highest BCUT2D eigenvalue weighted by Crippen LogP contribution is 2.33. The maximum absolute atomic E-state index is 5.66. The normalized spacial score (nSPS) is 12.9. The van der Waals surface area contributed by atoms with Gasteiger partial charge < -0.3 is 8.94 Å². The maximum atomic E-state index is 5.66. The molecular formula is C14H17N5O2S2. The highest BCUT2D eigenvalue weighted by Gasteiger charge is 2.20. The fourth-order valence-electron chi connectivity index (χ4n) is 1.85. The van der Waals surface area contributed by atoms with Crippen molar-refractivity contribution in [3.8, 4) is 0 Å². The second kappa shape index (κ2) is 6.79. The molecule has 0 aliphatic rings. The number of rotatable bonds is 6. The Bertz CT molecular complexity index is 780. The molecule has 3 aromatic rings. The Kier molecular flexibility index (Phi) is 4.76. The highest BCUT2D eigenvalue weighted by molar-refractivity contribution is 7.99. The van der Waals surface area contributed by atoms with Crippen LogP contribution < -0.4 is 0 Å². The minimum absolute atomic E-state index is 0.0511. The van der Waals surface area contributed by atoms with Crippen LogP contribution in [0.25, 0.3) is 0 Å². The van der Waals surface area contributed by atoms with E-state index in [2.05, 4.69) is 25.3 Å². The van der Waals surface area contributed by atoms with Gasteiger partial charge in [0, 0.05) is 11.3 Å². The molecule has 0 unspecified atom stereocenters. The molecule has 9 heteroatoms. The third-order valence-corrected chi connectivity index (χ3v) is 4.79. The van der Waals surface area contributed by atoms with Gasteiger partial charge in [-0.15, -0.1) is 21.5 Å². The molecule has 0 aromatic carbocycles. The quantitative estimate of drug-likeness (QED) is 0.620. The Hall–Kier alpha value is -1.74. The van der Waals surface area contributed by atoms with Gasteiger partial charge in [0.25, 0.3) is 5.22 Å². The van der Waals surface area contributed by atoms with Crippen LogP contribution in [0.5, 0.6) is 0 Å². The van der Waals surface area contributed by atoms with Crippen LogP contribution in [0.15, 0.2) is 19.5 Å². The van der Waals surface area contributed by atoms with Crippen molar-refractivity contribution in [1.82, 2.24) is 25.3 Å². The topological polar surface area (TPSA) is 90.7 Å². The molecule has 3 aromatic heterocycles. The summed E-state index contributed by atoms with van der Waals surface area (Å²) in [6, 6.07) is 0. The number of hydrogen-bond acceptors (Lipinski definition) is 9. The zero-order valence-electron chi connectivity index (χ0n) is 13.3. The van der Waals surface area contributed by atoms with E-state index < -0.39 is 0 Å². The molecule has 0 amide bonds. The van der Waals surface area contributed by atoms with Crippen molar-refractivity contribution >= 4 is 23.1 Å². The van der Waals surface area contributed by atoms with Crippen LogP contribution in [-0.4, -0.2) is 25.3 Å². The first-order valence-electron chi connectivity index (χ1n) is 7.25. The van der Waals surface area contributed by atoms with E-state index in [0.29, 0.717) is 29.2 Å². The van der Waals surface area contributed by atoms with E-state index in [1.165, 1.54) is 11.8 Å². The van der Waals surface area contributed by atoms with Gasteiger partial charge in [0.2, 0.25) is 11.8 Å². The lowest BCUT2D eigenvalue weighted by Gasteiger charge is -2.01. The summed E-state index contributed by atoms with van der Waals surface area (Å²) < 4.78 is 10.9. The molecule has 23 heavy (non-hydrogen) atoms. The minimum atomic E-state index is -0.0511. The molecule has 0 saturated heterocycles. The molecule has 0 saturated carbocycles. The lowest BCUT2D eigenvalue weighted by molar-refractivity contribution is 0.371. The van der Waals surface area contributed by atoms with Crippen LogP contribution in [0.3, 0.4) is 0 Å². The predicted molar refractivity (Wildman–Crippen MR) is 86.6 cm³/mol. The van der Waals surface area contributed by atoms with Gasteiger partial charge in [0.05, 0.1) is 22.4 Å². The molecule has 1 atom stereocenters. The number of thiazole rings is 1. The predicted octanol–water partition coefficient (Wildman–Crippen LogP) is 3.79. The van der Waals surface area contributed by atoms with Gasteiger partial charge in [-0.3, -0.25) is 0 Å². The molecular weight excluding hydrogens is 334 g/mol. The van der Waals surface area contributed by atoms with Crippen molar-refractivity contribution in [2.75, 3.05) is 0 Å². The van der Waals surface area contributed by atoms with Gasteiger partial charge in [-0.1, -0.05) is 30.8 Å². The summed E-state index contributed by atoms with van der Waals surface area (Å²) in [4.78, 5) is 8.78. The van der Waals surface area contributed by atoms with Crippen molar-refractivity contribution in [1.29, 1.82) is 0 Å². The lowest BCUT2D eigenvalue weighted by atomic mass is 10.2. The van der Waals surface area contributed by atoms with Gasteiger partial charge >= 0.3 is 0 Å². The molecule has 3 heterocycles. The average molecular weight is 351 g/mol. The fourth-order valence-corrected chi connectivity index (χ4v) is 3.19. The number of nitrogens with zero attached hydrogens (tertiary/aromatic N) is 5. The number of hydrogen-bond donors (Lipinski definition) is 0. The lowest BCUT2D eigenvalue weighted by Crippen LogP contribution is -1.92. The van der Waals surface area contributed by atoms with E-state index in [9.17, 15) is 0 Å². The molecule has 0 radical (unpaired) electrons. The van der Waals surface area contributed by atoms with Crippen LogP contribution in [-0.2, 0) is 6.42 Å².